The molecule has 0 spiro atoms. The molecule has 0 aliphatic carbocycles. The quantitative estimate of drug-likeness (QED) is 0.675. The SMILES string of the molecule is Cc1c(Cl)ccc(NC(=O)N[C@@H]2CNCC[C@H]2O)c1Cl. The van der Waals surface area contributed by atoms with Crippen molar-refractivity contribution in [2.75, 3.05) is 18.4 Å². The summed E-state index contributed by atoms with van der Waals surface area (Å²) in [6.45, 7) is 3.08. The standard InChI is InChI=1S/C13H17Cl2N3O2/c1-7-8(14)2-3-9(12(7)15)17-13(20)18-10-6-16-5-4-11(10)19/h2-3,10-11,16,19H,4-6H2,1H3,(H2,17,18,20)/t10-,11-/m1/s1. The Hall–Kier alpha value is -1.01. The van der Waals surface area contributed by atoms with Gasteiger partial charge in [0.15, 0.2) is 0 Å². The summed E-state index contributed by atoms with van der Waals surface area (Å²) < 4.78 is 0. The molecule has 5 nitrogen and oxygen atoms in total. The van der Waals surface area contributed by atoms with Crippen molar-refractivity contribution in [1.82, 2.24) is 10.6 Å². The molecule has 1 fully saturated rings. The van der Waals surface area contributed by atoms with Gasteiger partial charge in [-0.1, -0.05) is 23.2 Å². The molecule has 2 rings (SSSR count). The van der Waals surface area contributed by atoms with E-state index in [1.807, 2.05) is 0 Å². The summed E-state index contributed by atoms with van der Waals surface area (Å²) in [4.78, 5) is 11.9. The van der Waals surface area contributed by atoms with Crippen LogP contribution in [0.1, 0.15) is 12.0 Å². The molecule has 0 aromatic heterocycles. The molecule has 0 saturated carbocycles. The van der Waals surface area contributed by atoms with Gasteiger partial charge < -0.3 is 21.1 Å². The van der Waals surface area contributed by atoms with E-state index < -0.39 is 12.1 Å². The lowest BCUT2D eigenvalue weighted by molar-refractivity contribution is 0.103. The fraction of sp³-hybridized carbons (Fsp3) is 0.462. The molecule has 4 N–H and O–H groups in total. The lowest BCUT2D eigenvalue weighted by atomic mass is 10.0. The van der Waals surface area contributed by atoms with Crippen LogP contribution in [0.3, 0.4) is 0 Å². The zero-order chi connectivity index (χ0) is 14.7. The second-order valence-electron chi connectivity index (χ2n) is 4.80. The second-order valence-corrected chi connectivity index (χ2v) is 5.58. The molecule has 20 heavy (non-hydrogen) atoms. The maximum Gasteiger partial charge on any atom is 0.319 e. The molecule has 7 heteroatoms. The molecule has 1 aliphatic rings. The van der Waals surface area contributed by atoms with E-state index in [1.54, 1.807) is 19.1 Å². The summed E-state index contributed by atoms with van der Waals surface area (Å²) in [5, 5.41) is 19.3. The van der Waals surface area contributed by atoms with Crippen LogP contribution in [0, 0.1) is 6.92 Å². The maximum atomic E-state index is 11.9. The highest BCUT2D eigenvalue weighted by Gasteiger charge is 2.24. The Labute approximate surface area is 127 Å². The normalized spacial score (nSPS) is 22.4. The Bertz CT molecular complexity index is 511. The molecular formula is C13H17Cl2N3O2. The predicted molar refractivity (Wildman–Crippen MR) is 80.6 cm³/mol. The minimum atomic E-state index is -0.538. The van der Waals surface area contributed by atoms with Gasteiger partial charge in [0.05, 0.1) is 22.9 Å². The molecule has 2 amide bonds. The number of carbonyl (C=O) groups excluding carboxylic acids is 1. The Balaban J connectivity index is 1.99. The van der Waals surface area contributed by atoms with E-state index >= 15 is 0 Å². The van der Waals surface area contributed by atoms with Gasteiger partial charge in [-0.2, -0.15) is 0 Å². The second kappa shape index (κ2) is 6.63. The Morgan fingerprint density at radius 3 is 2.90 bits per heavy atom. The molecule has 1 aromatic carbocycles. The Kier molecular flexibility index (Phi) is 5.10. The van der Waals surface area contributed by atoms with Crippen LogP contribution < -0.4 is 16.0 Å². The molecule has 110 valence electrons. The van der Waals surface area contributed by atoms with E-state index in [1.165, 1.54) is 0 Å². The van der Waals surface area contributed by atoms with E-state index in [4.69, 9.17) is 23.2 Å². The molecule has 1 saturated heterocycles. The molecular weight excluding hydrogens is 301 g/mol. The number of carbonyl (C=O) groups is 1. The fourth-order valence-electron chi connectivity index (χ4n) is 2.08. The molecule has 1 aromatic rings. The first-order chi connectivity index (χ1) is 9.49. The minimum absolute atomic E-state index is 0.309. The van der Waals surface area contributed by atoms with Crippen LogP contribution in [0.15, 0.2) is 12.1 Å². The average Bonchev–Trinajstić information content (AvgIpc) is 2.42. The zero-order valence-electron chi connectivity index (χ0n) is 11.0. The van der Waals surface area contributed by atoms with Gasteiger partial charge in [0.1, 0.15) is 0 Å². The van der Waals surface area contributed by atoms with Gasteiger partial charge in [-0.25, -0.2) is 4.79 Å². The number of piperidine rings is 1. The van der Waals surface area contributed by atoms with Gasteiger partial charge in [0, 0.05) is 11.6 Å². The lowest BCUT2D eigenvalue weighted by Gasteiger charge is -2.29. The van der Waals surface area contributed by atoms with Crippen molar-refractivity contribution in [2.24, 2.45) is 0 Å². The first-order valence-electron chi connectivity index (χ1n) is 6.40. The van der Waals surface area contributed by atoms with Crippen molar-refractivity contribution in [3.8, 4) is 0 Å². The summed E-state index contributed by atoms with van der Waals surface area (Å²) in [6, 6.07) is 2.61. The van der Waals surface area contributed by atoms with Crippen LogP contribution in [0.25, 0.3) is 0 Å². The van der Waals surface area contributed by atoms with Crippen molar-refractivity contribution >= 4 is 34.9 Å². The summed E-state index contributed by atoms with van der Waals surface area (Å²) in [5.41, 5.74) is 1.20. The van der Waals surface area contributed by atoms with E-state index in [2.05, 4.69) is 16.0 Å². The van der Waals surface area contributed by atoms with E-state index in [9.17, 15) is 9.90 Å². The highest BCUT2D eigenvalue weighted by atomic mass is 35.5. The first-order valence-corrected chi connectivity index (χ1v) is 7.15. The third kappa shape index (κ3) is 3.55. The molecule has 1 aliphatic heterocycles. The monoisotopic (exact) mass is 317 g/mol. The predicted octanol–water partition coefficient (Wildman–Crippen LogP) is 2.15. The number of anilines is 1. The third-order valence-electron chi connectivity index (χ3n) is 3.33. The average molecular weight is 318 g/mol. The summed E-state index contributed by atoms with van der Waals surface area (Å²) in [7, 11) is 0. The molecule has 1 heterocycles. The molecule has 0 radical (unpaired) electrons. The summed E-state index contributed by atoms with van der Waals surface area (Å²) >= 11 is 12.1. The topological polar surface area (TPSA) is 73.4 Å². The molecule has 0 bridgehead atoms. The van der Waals surface area contributed by atoms with Crippen LogP contribution in [0.5, 0.6) is 0 Å². The van der Waals surface area contributed by atoms with E-state index in [0.717, 1.165) is 6.54 Å². The number of benzene rings is 1. The van der Waals surface area contributed by atoms with Gasteiger partial charge in [-0.3, -0.25) is 0 Å². The lowest BCUT2D eigenvalue weighted by Crippen LogP contribution is -2.54. The number of rotatable bonds is 2. The van der Waals surface area contributed by atoms with Crippen LogP contribution in [-0.2, 0) is 0 Å². The zero-order valence-corrected chi connectivity index (χ0v) is 12.6. The number of aliphatic hydroxyl groups is 1. The number of hydrogen-bond donors (Lipinski definition) is 4. The minimum Gasteiger partial charge on any atom is -0.391 e. The van der Waals surface area contributed by atoms with Crippen LogP contribution in [0.4, 0.5) is 10.5 Å². The highest BCUT2D eigenvalue weighted by molar-refractivity contribution is 6.38. The molecule has 2 atom stereocenters. The van der Waals surface area contributed by atoms with Crippen molar-refractivity contribution in [1.29, 1.82) is 0 Å². The van der Waals surface area contributed by atoms with Crippen LogP contribution in [-0.4, -0.2) is 36.4 Å². The van der Waals surface area contributed by atoms with Gasteiger partial charge in [-0.15, -0.1) is 0 Å². The van der Waals surface area contributed by atoms with Crippen LogP contribution >= 0.6 is 23.2 Å². The van der Waals surface area contributed by atoms with Crippen molar-refractivity contribution in [3.63, 3.8) is 0 Å². The van der Waals surface area contributed by atoms with Gasteiger partial charge >= 0.3 is 6.03 Å². The number of hydrogen-bond acceptors (Lipinski definition) is 3. The third-order valence-corrected chi connectivity index (χ3v) is 4.23. The van der Waals surface area contributed by atoms with Gasteiger partial charge in [-0.05, 0) is 37.6 Å². The number of halogens is 2. The summed E-state index contributed by atoms with van der Waals surface area (Å²) in [5.74, 6) is 0. The Morgan fingerprint density at radius 2 is 2.20 bits per heavy atom. The van der Waals surface area contributed by atoms with Crippen LogP contribution in [0.2, 0.25) is 10.0 Å². The fourth-order valence-corrected chi connectivity index (χ4v) is 2.49. The smallest absolute Gasteiger partial charge is 0.319 e. The van der Waals surface area contributed by atoms with Crippen molar-refractivity contribution in [3.05, 3.63) is 27.7 Å². The number of amides is 2. The first kappa shape index (κ1) is 15.4. The van der Waals surface area contributed by atoms with Gasteiger partial charge in [0.25, 0.3) is 0 Å². The van der Waals surface area contributed by atoms with Gasteiger partial charge in [0.2, 0.25) is 0 Å². The largest absolute Gasteiger partial charge is 0.391 e. The van der Waals surface area contributed by atoms with E-state index in [-0.39, 0.29) is 6.04 Å². The number of nitrogens with one attached hydrogen (secondary N) is 3. The maximum absolute atomic E-state index is 11.9. The number of urea groups is 1. The molecule has 0 unspecified atom stereocenters. The summed E-state index contributed by atoms with van der Waals surface area (Å²) in [6.07, 6.45) is 0.0793. The van der Waals surface area contributed by atoms with E-state index in [0.29, 0.717) is 34.3 Å². The number of aliphatic hydroxyl groups excluding tert-OH is 1. The highest BCUT2D eigenvalue weighted by Crippen LogP contribution is 2.30. The Morgan fingerprint density at radius 1 is 1.45 bits per heavy atom. The van der Waals surface area contributed by atoms with Crippen molar-refractivity contribution < 1.29 is 9.90 Å². The van der Waals surface area contributed by atoms with Crippen molar-refractivity contribution in [2.45, 2.75) is 25.5 Å².